The molecule has 0 spiro atoms. The van der Waals surface area contributed by atoms with Crippen molar-refractivity contribution in [1.29, 1.82) is 0 Å². The lowest BCUT2D eigenvalue weighted by atomic mass is 10.2. The van der Waals surface area contributed by atoms with Gasteiger partial charge in [-0.1, -0.05) is 0 Å². The van der Waals surface area contributed by atoms with Crippen LogP contribution in [0, 0.1) is 0 Å². The van der Waals surface area contributed by atoms with Crippen LogP contribution in [-0.4, -0.2) is 69.0 Å². The van der Waals surface area contributed by atoms with Crippen LogP contribution in [0.3, 0.4) is 0 Å². The lowest BCUT2D eigenvalue weighted by Crippen LogP contribution is -2.44. The van der Waals surface area contributed by atoms with Gasteiger partial charge in [0, 0.05) is 38.6 Å². The third kappa shape index (κ3) is 9.65. The molecular weight excluding hydrogens is 309 g/mol. The Morgan fingerprint density at radius 2 is 1.91 bits per heavy atom. The van der Waals surface area contributed by atoms with E-state index in [0.29, 0.717) is 31.5 Å². The number of nitrogens with zero attached hydrogens (tertiary/aromatic N) is 2. The molecule has 8 heteroatoms. The van der Waals surface area contributed by atoms with Gasteiger partial charge in [-0.3, -0.25) is 9.89 Å². The van der Waals surface area contributed by atoms with Gasteiger partial charge in [0.25, 0.3) is 0 Å². The van der Waals surface area contributed by atoms with Crippen molar-refractivity contribution in [3.8, 4) is 0 Å². The first-order valence-electron chi connectivity index (χ1n) is 8.33. The normalized spacial score (nSPS) is 18.7. The van der Waals surface area contributed by atoms with E-state index in [1.54, 1.807) is 0 Å². The highest BCUT2D eigenvalue weighted by molar-refractivity contribution is 5.79. The first-order chi connectivity index (χ1) is 10.9. The van der Waals surface area contributed by atoms with Gasteiger partial charge >= 0.3 is 6.18 Å². The monoisotopic (exact) mass is 338 g/mol. The lowest BCUT2D eigenvalue weighted by Gasteiger charge is -2.31. The molecule has 0 aliphatic carbocycles. The van der Waals surface area contributed by atoms with Crippen LogP contribution < -0.4 is 10.6 Å². The average molecular weight is 338 g/mol. The summed E-state index contributed by atoms with van der Waals surface area (Å²) in [6.07, 6.45) is -4.17. The van der Waals surface area contributed by atoms with Crippen LogP contribution in [0.5, 0.6) is 0 Å². The smallest absolute Gasteiger partial charge is 0.379 e. The summed E-state index contributed by atoms with van der Waals surface area (Å²) in [5, 5.41) is 6.22. The zero-order valence-electron chi connectivity index (χ0n) is 14.1. The number of rotatable bonds is 8. The minimum atomic E-state index is -4.06. The second-order valence-corrected chi connectivity index (χ2v) is 5.72. The van der Waals surface area contributed by atoms with Crippen molar-refractivity contribution in [2.45, 2.75) is 45.3 Å². The predicted octanol–water partition coefficient (Wildman–Crippen LogP) is 1.99. The number of halogens is 3. The van der Waals surface area contributed by atoms with Gasteiger partial charge in [-0.05, 0) is 26.7 Å². The van der Waals surface area contributed by atoms with Crippen LogP contribution in [0.4, 0.5) is 13.2 Å². The van der Waals surface area contributed by atoms with E-state index in [2.05, 4.69) is 27.4 Å². The average Bonchev–Trinajstić information content (AvgIpc) is 2.51. The van der Waals surface area contributed by atoms with Crippen LogP contribution in [0.25, 0.3) is 0 Å². The topological polar surface area (TPSA) is 48.9 Å². The summed E-state index contributed by atoms with van der Waals surface area (Å²) in [6.45, 7) is 9.30. The van der Waals surface area contributed by atoms with Crippen molar-refractivity contribution in [3.63, 3.8) is 0 Å². The molecule has 0 radical (unpaired) electrons. The minimum absolute atomic E-state index is 0.139. The second-order valence-electron chi connectivity index (χ2n) is 5.72. The van der Waals surface area contributed by atoms with E-state index in [-0.39, 0.29) is 6.42 Å². The number of unbranched alkanes of at least 4 members (excludes halogenated alkanes) is 1. The molecule has 1 atom stereocenters. The van der Waals surface area contributed by atoms with Crippen LogP contribution in [0.15, 0.2) is 4.99 Å². The van der Waals surface area contributed by atoms with Gasteiger partial charge in [0.05, 0.1) is 19.8 Å². The van der Waals surface area contributed by atoms with E-state index in [9.17, 15) is 13.2 Å². The van der Waals surface area contributed by atoms with E-state index in [0.717, 1.165) is 32.8 Å². The number of hydrogen-bond donors (Lipinski definition) is 2. The van der Waals surface area contributed by atoms with Gasteiger partial charge in [-0.2, -0.15) is 13.2 Å². The maximum absolute atomic E-state index is 12.1. The molecule has 1 aliphatic rings. The maximum atomic E-state index is 12.1. The van der Waals surface area contributed by atoms with E-state index >= 15 is 0 Å². The van der Waals surface area contributed by atoms with Gasteiger partial charge in [0.2, 0.25) is 0 Å². The third-order valence-electron chi connectivity index (χ3n) is 3.71. The van der Waals surface area contributed by atoms with E-state index in [4.69, 9.17) is 4.74 Å². The van der Waals surface area contributed by atoms with Crippen molar-refractivity contribution in [2.24, 2.45) is 4.99 Å². The fourth-order valence-electron chi connectivity index (χ4n) is 2.36. The Morgan fingerprint density at radius 3 is 2.52 bits per heavy atom. The largest absolute Gasteiger partial charge is 0.389 e. The lowest BCUT2D eigenvalue weighted by molar-refractivity contribution is -0.135. The molecule has 5 nitrogen and oxygen atoms in total. The van der Waals surface area contributed by atoms with Crippen LogP contribution in [0.1, 0.15) is 33.1 Å². The zero-order chi connectivity index (χ0) is 17.1. The van der Waals surface area contributed by atoms with Gasteiger partial charge in [-0.25, -0.2) is 0 Å². The van der Waals surface area contributed by atoms with Crippen LogP contribution >= 0.6 is 0 Å². The third-order valence-corrected chi connectivity index (χ3v) is 3.71. The molecule has 1 heterocycles. The summed E-state index contributed by atoms with van der Waals surface area (Å²) in [5.74, 6) is 0.666. The van der Waals surface area contributed by atoms with E-state index in [1.807, 2.05) is 6.92 Å². The molecular formula is C15H29F3N4O. The van der Waals surface area contributed by atoms with Gasteiger partial charge < -0.3 is 15.4 Å². The molecule has 1 aliphatic heterocycles. The molecule has 1 saturated heterocycles. The molecule has 136 valence electrons. The molecule has 0 amide bonds. The Kier molecular flexibility index (Phi) is 9.31. The highest BCUT2D eigenvalue weighted by Crippen LogP contribution is 2.21. The maximum Gasteiger partial charge on any atom is 0.389 e. The Bertz CT molecular complexity index is 344. The van der Waals surface area contributed by atoms with Crippen LogP contribution in [0.2, 0.25) is 0 Å². The quantitative estimate of drug-likeness (QED) is 0.404. The number of aliphatic imine (C=N–C) groups is 1. The fraction of sp³-hybridized carbons (Fsp3) is 0.933. The number of guanidine groups is 1. The zero-order valence-corrected chi connectivity index (χ0v) is 14.1. The minimum Gasteiger partial charge on any atom is -0.379 e. The number of morpholine rings is 1. The Morgan fingerprint density at radius 1 is 1.22 bits per heavy atom. The van der Waals surface area contributed by atoms with E-state index in [1.165, 1.54) is 0 Å². The summed E-state index contributed by atoms with van der Waals surface area (Å²) in [6, 6.07) is 0.319. The second kappa shape index (κ2) is 10.7. The number of ether oxygens (including phenoxy) is 1. The molecule has 0 aromatic heterocycles. The molecule has 2 N–H and O–H groups in total. The number of alkyl halides is 3. The first kappa shape index (κ1) is 20.0. The summed E-state index contributed by atoms with van der Waals surface area (Å²) < 4.78 is 41.6. The highest BCUT2D eigenvalue weighted by atomic mass is 19.4. The Labute approximate surface area is 136 Å². The molecule has 23 heavy (non-hydrogen) atoms. The Hall–Kier alpha value is -1.02. The first-order valence-corrected chi connectivity index (χ1v) is 8.33. The molecule has 1 unspecified atom stereocenters. The summed E-state index contributed by atoms with van der Waals surface area (Å²) in [4.78, 5) is 6.86. The molecule has 0 saturated carbocycles. The molecule has 1 fully saturated rings. The van der Waals surface area contributed by atoms with Crippen molar-refractivity contribution in [1.82, 2.24) is 15.5 Å². The van der Waals surface area contributed by atoms with Gasteiger partial charge in [0.15, 0.2) is 5.96 Å². The Balaban J connectivity index is 2.28. The molecule has 0 aromatic carbocycles. The van der Waals surface area contributed by atoms with Crippen molar-refractivity contribution >= 4 is 5.96 Å². The molecule has 0 bridgehead atoms. The van der Waals surface area contributed by atoms with Crippen molar-refractivity contribution in [3.05, 3.63) is 0 Å². The SMILES string of the molecule is CCNC(=NCC(C)N1CCOCC1)NCCCCC(F)(F)F. The molecule has 0 aromatic rings. The van der Waals surface area contributed by atoms with Crippen molar-refractivity contribution < 1.29 is 17.9 Å². The van der Waals surface area contributed by atoms with Gasteiger partial charge in [-0.15, -0.1) is 0 Å². The van der Waals surface area contributed by atoms with Crippen LogP contribution in [-0.2, 0) is 4.74 Å². The van der Waals surface area contributed by atoms with Gasteiger partial charge in [0.1, 0.15) is 0 Å². The summed E-state index contributed by atoms with van der Waals surface area (Å²) in [5.41, 5.74) is 0. The summed E-state index contributed by atoms with van der Waals surface area (Å²) in [7, 11) is 0. The highest BCUT2D eigenvalue weighted by Gasteiger charge is 2.25. The van der Waals surface area contributed by atoms with Crippen molar-refractivity contribution in [2.75, 3.05) is 45.9 Å². The molecule has 1 rings (SSSR count). The summed E-state index contributed by atoms with van der Waals surface area (Å²) >= 11 is 0. The fourth-order valence-corrected chi connectivity index (χ4v) is 2.36. The van der Waals surface area contributed by atoms with E-state index < -0.39 is 12.6 Å². The predicted molar refractivity (Wildman–Crippen MR) is 85.7 cm³/mol. The number of hydrogen-bond acceptors (Lipinski definition) is 3. The standard InChI is InChI=1S/C15H29F3N4O/c1-3-19-14(20-7-5-4-6-15(16,17)18)21-12-13(2)22-8-10-23-11-9-22/h13H,3-12H2,1-2H3,(H2,19,20,21). The number of nitrogens with one attached hydrogen (secondary N) is 2.